The van der Waals surface area contributed by atoms with Crippen molar-refractivity contribution in [1.82, 2.24) is 0 Å². The normalized spacial score (nSPS) is 9.89. The number of aliphatic carboxylic acids is 1. The largest absolute Gasteiger partial charge is 0.478 e. The summed E-state index contributed by atoms with van der Waals surface area (Å²) in [5, 5.41) is 34.3. The highest BCUT2D eigenvalue weighted by atomic mass is 16.5. The molecule has 0 aromatic carbocycles. The van der Waals surface area contributed by atoms with Gasteiger partial charge < -0.3 is 25.2 Å². The monoisotopic (exact) mass is 276 g/mol. The van der Waals surface area contributed by atoms with Gasteiger partial charge >= 0.3 is 11.9 Å². The number of carboxylic acids is 1. The van der Waals surface area contributed by atoms with Crippen molar-refractivity contribution in [2.75, 3.05) is 26.4 Å². The number of aliphatic hydroxyl groups is 3. The third kappa shape index (κ3) is 8.95. The molecule has 0 amide bonds. The fourth-order valence-corrected chi connectivity index (χ4v) is 0.629. The van der Waals surface area contributed by atoms with E-state index in [1.807, 2.05) is 0 Å². The van der Waals surface area contributed by atoms with Crippen LogP contribution in [0.25, 0.3) is 0 Å². The van der Waals surface area contributed by atoms with Crippen LogP contribution in [0.4, 0.5) is 0 Å². The van der Waals surface area contributed by atoms with Gasteiger partial charge in [0, 0.05) is 11.6 Å². The fraction of sp³-hybridized carbons (Fsp3) is 0.500. The van der Waals surface area contributed by atoms with E-state index in [0.717, 1.165) is 6.08 Å². The second-order valence-electron chi connectivity index (χ2n) is 3.87. The Bertz CT molecular complexity index is 310. The maximum absolute atomic E-state index is 11.0. The molecular formula is C12H20O7. The zero-order valence-corrected chi connectivity index (χ0v) is 10.8. The van der Waals surface area contributed by atoms with E-state index in [2.05, 4.69) is 13.2 Å². The highest BCUT2D eigenvalue weighted by molar-refractivity contribution is 5.86. The van der Waals surface area contributed by atoms with Gasteiger partial charge in [0.15, 0.2) is 0 Å². The molecule has 0 fully saturated rings. The Hall–Kier alpha value is -1.70. The quantitative estimate of drug-likeness (QED) is 0.359. The fourth-order valence-electron chi connectivity index (χ4n) is 0.629. The van der Waals surface area contributed by atoms with Crippen molar-refractivity contribution in [2.24, 2.45) is 5.41 Å². The van der Waals surface area contributed by atoms with Crippen LogP contribution in [0.1, 0.15) is 6.92 Å². The molecule has 0 radical (unpaired) electrons. The summed E-state index contributed by atoms with van der Waals surface area (Å²) < 4.78 is 4.72. The van der Waals surface area contributed by atoms with Gasteiger partial charge in [-0.2, -0.15) is 0 Å². The zero-order valence-electron chi connectivity index (χ0n) is 10.8. The Balaban J connectivity index is 0. The number of hydrogen-bond donors (Lipinski definition) is 4. The molecule has 0 aliphatic heterocycles. The first-order valence-electron chi connectivity index (χ1n) is 5.29. The summed E-state index contributed by atoms with van der Waals surface area (Å²) in [6.45, 7) is 6.22. The smallest absolute Gasteiger partial charge is 0.333 e. The summed E-state index contributed by atoms with van der Waals surface area (Å²) in [5.74, 6) is -1.59. The molecule has 0 aromatic rings. The summed E-state index contributed by atoms with van der Waals surface area (Å²) in [5.41, 5.74) is -0.946. The third-order valence-electron chi connectivity index (χ3n) is 2.04. The first-order valence-corrected chi connectivity index (χ1v) is 5.29. The lowest BCUT2D eigenvalue weighted by molar-refractivity contribution is -0.146. The number of hydrogen-bond acceptors (Lipinski definition) is 6. The zero-order chi connectivity index (χ0) is 15.5. The van der Waals surface area contributed by atoms with Crippen molar-refractivity contribution in [3.8, 4) is 0 Å². The van der Waals surface area contributed by atoms with Gasteiger partial charge in [-0.3, -0.25) is 0 Å². The number of aliphatic hydroxyl groups excluding tert-OH is 3. The molecule has 0 saturated carbocycles. The second-order valence-corrected chi connectivity index (χ2v) is 3.87. The summed E-state index contributed by atoms with van der Waals surface area (Å²) in [6, 6.07) is 0. The molecule has 0 saturated heterocycles. The van der Waals surface area contributed by atoms with Crippen molar-refractivity contribution in [3.63, 3.8) is 0 Å². The van der Waals surface area contributed by atoms with Gasteiger partial charge in [0.1, 0.15) is 6.61 Å². The maximum atomic E-state index is 11.0. The highest BCUT2D eigenvalue weighted by Gasteiger charge is 2.30. The van der Waals surface area contributed by atoms with Gasteiger partial charge in [-0.15, -0.1) is 0 Å². The summed E-state index contributed by atoms with van der Waals surface area (Å²) >= 11 is 0. The van der Waals surface area contributed by atoms with Crippen LogP contribution in [0, 0.1) is 5.41 Å². The molecule has 19 heavy (non-hydrogen) atoms. The molecule has 110 valence electrons. The molecule has 0 aliphatic rings. The summed E-state index contributed by atoms with van der Waals surface area (Å²) in [6.07, 6.45) is 0.833. The number of rotatable bonds is 7. The minimum atomic E-state index is -1.18. The van der Waals surface area contributed by atoms with Gasteiger partial charge in [-0.25, -0.2) is 9.59 Å². The Kier molecular flexibility index (Phi) is 10.6. The van der Waals surface area contributed by atoms with Gasteiger partial charge in [0.05, 0.1) is 25.2 Å². The standard InChI is InChI=1S/C9H16O5.C3H4O2/c1-7(2)8(13)14-6-9(3-10,4-11)5-12;1-2-3(4)5/h10-12H,1,3-6H2,2H3;2H,1H2,(H,4,5). The van der Waals surface area contributed by atoms with E-state index in [1.165, 1.54) is 6.92 Å². The van der Waals surface area contributed by atoms with Gasteiger partial charge in [-0.1, -0.05) is 13.2 Å². The second kappa shape index (κ2) is 10.2. The summed E-state index contributed by atoms with van der Waals surface area (Å²) in [7, 11) is 0. The van der Waals surface area contributed by atoms with Crippen LogP contribution in [-0.4, -0.2) is 58.8 Å². The number of carbonyl (C=O) groups excluding carboxylic acids is 1. The molecule has 0 aromatic heterocycles. The van der Waals surface area contributed by atoms with Crippen LogP contribution in [0.5, 0.6) is 0 Å². The van der Waals surface area contributed by atoms with Crippen molar-refractivity contribution in [2.45, 2.75) is 6.92 Å². The van der Waals surface area contributed by atoms with E-state index in [-0.39, 0.29) is 12.2 Å². The van der Waals surface area contributed by atoms with Crippen LogP contribution in [0.15, 0.2) is 24.8 Å². The Morgan fingerprint density at radius 3 is 1.79 bits per heavy atom. The molecule has 0 heterocycles. The first-order chi connectivity index (χ1) is 8.78. The summed E-state index contributed by atoms with van der Waals surface area (Å²) in [4.78, 5) is 20.2. The lowest BCUT2D eigenvalue weighted by Crippen LogP contribution is -2.39. The molecule has 4 N–H and O–H groups in total. The average Bonchev–Trinajstić information content (AvgIpc) is 2.41. The topological polar surface area (TPSA) is 124 Å². The SMILES string of the molecule is C=C(C)C(=O)OCC(CO)(CO)CO.C=CC(=O)O. The van der Waals surface area contributed by atoms with Crippen molar-refractivity contribution in [3.05, 3.63) is 24.8 Å². The van der Waals surface area contributed by atoms with Crippen molar-refractivity contribution >= 4 is 11.9 Å². The molecule has 0 rings (SSSR count). The molecule has 0 spiro atoms. The molecule has 0 unspecified atom stereocenters. The van der Waals surface area contributed by atoms with Crippen LogP contribution in [0.3, 0.4) is 0 Å². The van der Waals surface area contributed by atoms with E-state index in [9.17, 15) is 9.59 Å². The molecule has 0 bridgehead atoms. The number of carbonyl (C=O) groups is 2. The van der Waals surface area contributed by atoms with Crippen molar-refractivity contribution in [1.29, 1.82) is 0 Å². The highest BCUT2D eigenvalue weighted by Crippen LogP contribution is 2.15. The van der Waals surface area contributed by atoms with Gasteiger partial charge in [-0.05, 0) is 6.92 Å². The number of carboxylic acid groups (broad SMARTS) is 1. The average molecular weight is 276 g/mol. The predicted octanol–water partition coefficient (Wildman–Crippen LogP) is -0.674. The Morgan fingerprint density at radius 1 is 1.21 bits per heavy atom. The minimum Gasteiger partial charge on any atom is -0.478 e. The maximum Gasteiger partial charge on any atom is 0.333 e. The Labute approximate surface area is 111 Å². The molecule has 0 atom stereocenters. The van der Waals surface area contributed by atoms with Crippen LogP contribution < -0.4 is 0 Å². The van der Waals surface area contributed by atoms with E-state index in [4.69, 9.17) is 25.2 Å². The van der Waals surface area contributed by atoms with E-state index < -0.39 is 37.2 Å². The third-order valence-corrected chi connectivity index (χ3v) is 2.04. The minimum absolute atomic E-state index is 0.229. The van der Waals surface area contributed by atoms with Crippen LogP contribution in [0.2, 0.25) is 0 Å². The number of ether oxygens (including phenoxy) is 1. The predicted molar refractivity (Wildman–Crippen MR) is 67.3 cm³/mol. The first kappa shape index (κ1) is 19.6. The van der Waals surface area contributed by atoms with E-state index >= 15 is 0 Å². The lowest BCUT2D eigenvalue weighted by Gasteiger charge is -2.26. The molecule has 0 aliphatic carbocycles. The van der Waals surface area contributed by atoms with Crippen molar-refractivity contribution < 1.29 is 34.8 Å². The van der Waals surface area contributed by atoms with Gasteiger partial charge in [0.25, 0.3) is 0 Å². The Morgan fingerprint density at radius 2 is 1.58 bits per heavy atom. The van der Waals surface area contributed by atoms with Crippen LogP contribution in [-0.2, 0) is 14.3 Å². The van der Waals surface area contributed by atoms with Crippen LogP contribution >= 0.6 is 0 Å². The molecular weight excluding hydrogens is 256 g/mol. The van der Waals surface area contributed by atoms with E-state index in [0.29, 0.717) is 0 Å². The van der Waals surface area contributed by atoms with Gasteiger partial charge in [0.2, 0.25) is 0 Å². The lowest BCUT2D eigenvalue weighted by atomic mass is 9.93. The van der Waals surface area contributed by atoms with E-state index in [1.54, 1.807) is 0 Å². The molecule has 7 heteroatoms. The molecule has 7 nitrogen and oxygen atoms in total. The number of esters is 1.